The highest BCUT2D eigenvalue weighted by Gasteiger charge is 2.27. The maximum Gasteiger partial charge on any atom is 0.273 e. The van der Waals surface area contributed by atoms with E-state index in [2.05, 4.69) is 25.5 Å². The van der Waals surface area contributed by atoms with Crippen LogP contribution in [0.4, 0.5) is 5.13 Å². The van der Waals surface area contributed by atoms with E-state index in [4.69, 9.17) is 0 Å². The number of fused-ring (bicyclic) bond motifs is 1. The summed E-state index contributed by atoms with van der Waals surface area (Å²) in [6.07, 6.45) is 4.01. The zero-order valence-electron chi connectivity index (χ0n) is 19.5. The quantitative estimate of drug-likeness (QED) is 0.510. The molecule has 0 spiro atoms. The van der Waals surface area contributed by atoms with Gasteiger partial charge < -0.3 is 15.5 Å². The molecule has 2 amide bonds. The maximum atomic E-state index is 13.0. The second-order valence-corrected chi connectivity index (χ2v) is 9.64. The first kappa shape index (κ1) is 23.9. The number of aromatic nitrogens is 3. The summed E-state index contributed by atoms with van der Waals surface area (Å²) in [6, 6.07) is 7.92. The number of amides is 2. The molecule has 1 aliphatic heterocycles. The molecule has 9 nitrogen and oxygen atoms in total. The summed E-state index contributed by atoms with van der Waals surface area (Å²) in [5.74, 6) is -0.274. The van der Waals surface area contributed by atoms with E-state index in [1.807, 2.05) is 38.1 Å². The number of benzene rings is 1. The third kappa shape index (κ3) is 5.61. The molecule has 2 N–H and O–H groups in total. The Kier molecular flexibility index (Phi) is 7.56. The highest BCUT2D eigenvalue weighted by Crippen LogP contribution is 2.29. The number of rotatable bonds is 8. The van der Waals surface area contributed by atoms with Gasteiger partial charge in [0, 0.05) is 26.2 Å². The summed E-state index contributed by atoms with van der Waals surface area (Å²) >= 11 is 1.27. The summed E-state index contributed by atoms with van der Waals surface area (Å²) in [4.78, 5) is 48.7. The van der Waals surface area contributed by atoms with E-state index in [0.717, 1.165) is 36.9 Å². The van der Waals surface area contributed by atoms with Gasteiger partial charge in [-0.05, 0) is 31.7 Å². The van der Waals surface area contributed by atoms with Gasteiger partial charge in [-0.1, -0.05) is 48.1 Å². The first-order valence-corrected chi connectivity index (χ1v) is 12.5. The molecular weight excluding hydrogens is 452 g/mol. The van der Waals surface area contributed by atoms with Crippen molar-refractivity contribution in [3.8, 4) is 0 Å². The largest absolute Gasteiger partial charge is 0.356 e. The van der Waals surface area contributed by atoms with Crippen LogP contribution in [0, 0.1) is 12.8 Å². The molecule has 0 radical (unpaired) electrons. The SMILES string of the molecule is CCCNC(=O)[C@H]1CCCN(c2nc3ncn(CC(=O)NCc4ccc(C)cc4)c(=O)c3s2)C1. The molecule has 0 aliphatic carbocycles. The summed E-state index contributed by atoms with van der Waals surface area (Å²) in [5.41, 5.74) is 2.24. The fourth-order valence-corrected chi connectivity index (χ4v) is 4.96. The minimum absolute atomic E-state index is 0.0739. The lowest BCUT2D eigenvalue weighted by atomic mass is 9.97. The van der Waals surface area contributed by atoms with Gasteiger partial charge in [0.05, 0.1) is 5.92 Å². The van der Waals surface area contributed by atoms with Crippen LogP contribution in [-0.4, -0.2) is 46.0 Å². The van der Waals surface area contributed by atoms with Gasteiger partial charge in [0.25, 0.3) is 5.56 Å². The molecule has 4 rings (SSSR count). The standard InChI is InChI=1S/C24H30N6O3S/c1-3-10-25-22(32)18-5-4-11-29(13-18)24-28-21-20(34-24)23(33)30(15-27-21)14-19(31)26-12-17-8-6-16(2)7-9-17/h6-9,15,18H,3-5,10-14H2,1-2H3,(H,25,32)(H,26,31)/t18-/m0/s1. The second kappa shape index (κ2) is 10.8. The lowest BCUT2D eigenvalue weighted by Gasteiger charge is -2.31. The van der Waals surface area contributed by atoms with Crippen molar-refractivity contribution < 1.29 is 9.59 Å². The number of hydrogen-bond donors (Lipinski definition) is 2. The molecule has 3 heterocycles. The van der Waals surface area contributed by atoms with E-state index in [1.165, 1.54) is 22.2 Å². The normalized spacial score (nSPS) is 15.9. The van der Waals surface area contributed by atoms with Gasteiger partial charge in [0.15, 0.2) is 10.8 Å². The van der Waals surface area contributed by atoms with Gasteiger partial charge in [-0.15, -0.1) is 0 Å². The molecule has 1 atom stereocenters. The third-order valence-corrected chi connectivity index (χ3v) is 7.00. The fraction of sp³-hybridized carbons (Fsp3) is 0.458. The lowest BCUT2D eigenvalue weighted by molar-refractivity contribution is -0.125. The number of carbonyl (C=O) groups is 2. The van der Waals surface area contributed by atoms with Gasteiger partial charge in [0.2, 0.25) is 11.8 Å². The van der Waals surface area contributed by atoms with Crippen LogP contribution >= 0.6 is 11.3 Å². The number of hydrogen-bond acceptors (Lipinski definition) is 7. The van der Waals surface area contributed by atoms with Crippen molar-refractivity contribution in [2.45, 2.75) is 46.2 Å². The number of piperidine rings is 1. The van der Waals surface area contributed by atoms with E-state index in [-0.39, 0.29) is 29.8 Å². The molecule has 180 valence electrons. The smallest absolute Gasteiger partial charge is 0.273 e. The number of thiazole rings is 1. The Morgan fingerprint density at radius 3 is 2.76 bits per heavy atom. The van der Waals surface area contributed by atoms with Gasteiger partial charge in [-0.25, -0.2) is 4.98 Å². The van der Waals surface area contributed by atoms with Crippen LogP contribution in [0.3, 0.4) is 0 Å². The summed E-state index contributed by atoms with van der Waals surface area (Å²) < 4.78 is 1.73. The Morgan fingerprint density at radius 2 is 2.00 bits per heavy atom. The number of nitrogens with zero attached hydrogens (tertiary/aromatic N) is 4. The van der Waals surface area contributed by atoms with Crippen molar-refractivity contribution >= 4 is 38.6 Å². The molecular formula is C24H30N6O3S. The van der Waals surface area contributed by atoms with Crippen molar-refractivity contribution in [2.75, 3.05) is 24.5 Å². The zero-order valence-corrected chi connectivity index (χ0v) is 20.4. The average Bonchev–Trinajstić information content (AvgIpc) is 3.29. The molecule has 1 saturated heterocycles. The molecule has 10 heteroatoms. The minimum atomic E-state index is -0.284. The van der Waals surface area contributed by atoms with E-state index in [1.54, 1.807) is 0 Å². The van der Waals surface area contributed by atoms with Gasteiger partial charge in [-0.3, -0.25) is 19.0 Å². The van der Waals surface area contributed by atoms with Crippen LogP contribution in [0.2, 0.25) is 0 Å². The van der Waals surface area contributed by atoms with Gasteiger partial charge in [-0.2, -0.15) is 4.98 Å². The van der Waals surface area contributed by atoms with Crippen LogP contribution in [0.1, 0.15) is 37.3 Å². The average molecular weight is 483 g/mol. The van der Waals surface area contributed by atoms with E-state index >= 15 is 0 Å². The predicted molar refractivity (Wildman–Crippen MR) is 133 cm³/mol. The lowest BCUT2D eigenvalue weighted by Crippen LogP contribution is -2.43. The zero-order chi connectivity index (χ0) is 24.1. The topological polar surface area (TPSA) is 109 Å². The molecule has 0 unspecified atom stereocenters. The van der Waals surface area contributed by atoms with Crippen molar-refractivity contribution in [1.29, 1.82) is 0 Å². The van der Waals surface area contributed by atoms with Gasteiger partial charge in [0.1, 0.15) is 17.6 Å². The van der Waals surface area contributed by atoms with Crippen LogP contribution in [0.25, 0.3) is 10.3 Å². The van der Waals surface area contributed by atoms with E-state index < -0.39 is 0 Å². The molecule has 1 aliphatic rings. The second-order valence-electron chi connectivity index (χ2n) is 8.67. The monoisotopic (exact) mass is 482 g/mol. The molecule has 34 heavy (non-hydrogen) atoms. The van der Waals surface area contributed by atoms with Crippen molar-refractivity contribution in [3.63, 3.8) is 0 Å². The fourth-order valence-electron chi connectivity index (χ4n) is 3.96. The molecule has 0 saturated carbocycles. The summed E-state index contributed by atoms with van der Waals surface area (Å²) in [7, 11) is 0. The first-order valence-electron chi connectivity index (χ1n) is 11.7. The summed E-state index contributed by atoms with van der Waals surface area (Å²) in [5, 5.41) is 6.51. The number of aryl methyl sites for hydroxylation is 1. The van der Waals surface area contributed by atoms with Crippen LogP contribution in [-0.2, 0) is 22.7 Å². The molecule has 1 fully saturated rings. The predicted octanol–water partition coefficient (Wildman–Crippen LogP) is 2.22. The molecule has 3 aromatic rings. The van der Waals surface area contributed by atoms with Crippen LogP contribution < -0.4 is 21.1 Å². The van der Waals surface area contributed by atoms with Crippen molar-refractivity contribution in [3.05, 3.63) is 52.1 Å². The molecule has 1 aromatic carbocycles. The third-order valence-electron chi connectivity index (χ3n) is 5.91. The Hall–Kier alpha value is -3.27. The summed E-state index contributed by atoms with van der Waals surface area (Å²) in [6.45, 7) is 6.37. The Balaban J connectivity index is 1.42. The Labute approximate surface area is 202 Å². The van der Waals surface area contributed by atoms with Gasteiger partial charge >= 0.3 is 0 Å². The number of carbonyl (C=O) groups excluding carboxylic acids is 2. The number of anilines is 1. The Bertz CT molecular complexity index is 1220. The highest BCUT2D eigenvalue weighted by atomic mass is 32.1. The van der Waals surface area contributed by atoms with E-state index in [9.17, 15) is 14.4 Å². The van der Waals surface area contributed by atoms with Crippen molar-refractivity contribution in [1.82, 2.24) is 25.2 Å². The maximum absolute atomic E-state index is 13.0. The van der Waals surface area contributed by atoms with Crippen molar-refractivity contribution in [2.24, 2.45) is 5.92 Å². The van der Waals surface area contributed by atoms with E-state index in [0.29, 0.717) is 35.1 Å². The first-order chi connectivity index (χ1) is 16.4. The number of nitrogens with one attached hydrogen (secondary N) is 2. The minimum Gasteiger partial charge on any atom is -0.356 e. The molecule has 0 bridgehead atoms. The molecule has 2 aromatic heterocycles. The van der Waals surface area contributed by atoms with Crippen LogP contribution in [0.15, 0.2) is 35.4 Å². The van der Waals surface area contributed by atoms with Crippen LogP contribution in [0.5, 0.6) is 0 Å². The highest BCUT2D eigenvalue weighted by molar-refractivity contribution is 7.22. The Morgan fingerprint density at radius 1 is 1.21 bits per heavy atom.